The molecule has 6 heteroatoms. The summed E-state index contributed by atoms with van der Waals surface area (Å²) in [7, 11) is 3.46. The minimum atomic E-state index is -0.586. The Balaban J connectivity index is 1.58. The van der Waals surface area contributed by atoms with Gasteiger partial charge < -0.3 is 19.7 Å². The van der Waals surface area contributed by atoms with E-state index in [0.717, 1.165) is 24.0 Å². The Kier molecular flexibility index (Phi) is 8.50. The summed E-state index contributed by atoms with van der Waals surface area (Å²) < 4.78 is 11.2. The Labute approximate surface area is 197 Å². The number of methoxy groups -OCH3 is 1. The van der Waals surface area contributed by atoms with Crippen LogP contribution >= 0.6 is 0 Å². The van der Waals surface area contributed by atoms with Gasteiger partial charge in [-0.05, 0) is 34.6 Å². The van der Waals surface area contributed by atoms with Crippen molar-refractivity contribution >= 4 is 12.0 Å². The highest BCUT2D eigenvalue weighted by atomic mass is 16.5. The summed E-state index contributed by atoms with van der Waals surface area (Å²) in [5.74, 6) is 0.103. The number of nitrogens with zero attached hydrogens (tertiary/aromatic N) is 1. The van der Waals surface area contributed by atoms with Gasteiger partial charge in [-0.2, -0.15) is 0 Å². The van der Waals surface area contributed by atoms with E-state index in [2.05, 4.69) is 50.4 Å². The first-order chi connectivity index (χ1) is 15.9. The first-order valence-electron chi connectivity index (χ1n) is 11.8. The van der Waals surface area contributed by atoms with Gasteiger partial charge in [0.2, 0.25) is 5.91 Å². The molecule has 1 aliphatic carbocycles. The SMILES string of the molecule is CCC(C)C(C(CC)OC)N(C)C(=O)CNC(=O)OCC1c2ccccc2-c2ccccc21. The summed E-state index contributed by atoms with van der Waals surface area (Å²) >= 11 is 0. The van der Waals surface area contributed by atoms with Gasteiger partial charge in [0.05, 0.1) is 12.1 Å². The van der Waals surface area contributed by atoms with E-state index < -0.39 is 6.09 Å². The summed E-state index contributed by atoms with van der Waals surface area (Å²) in [6, 6.07) is 16.3. The van der Waals surface area contributed by atoms with Gasteiger partial charge in [0.1, 0.15) is 13.2 Å². The number of benzene rings is 2. The van der Waals surface area contributed by atoms with Crippen LogP contribution in [0.2, 0.25) is 0 Å². The summed E-state index contributed by atoms with van der Waals surface area (Å²) in [4.78, 5) is 27.0. The molecule has 178 valence electrons. The van der Waals surface area contributed by atoms with Crippen LogP contribution < -0.4 is 5.32 Å². The topological polar surface area (TPSA) is 67.9 Å². The molecule has 1 aliphatic rings. The molecule has 0 saturated carbocycles. The van der Waals surface area contributed by atoms with Gasteiger partial charge in [0.15, 0.2) is 0 Å². The number of hydrogen-bond acceptors (Lipinski definition) is 4. The lowest BCUT2D eigenvalue weighted by Gasteiger charge is -2.37. The van der Waals surface area contributed by atoms with Crippen molar-refractivity contribution in [2.45, 2.75) is 51.7 Å². The molecule has 2 aromatic rings. The minimum Gasteiger partial charge on any atom is -0.449 e. The number of alkyl carbamates (subject to hydrolysis) is 1. The molecule has 0 aromatic heterocycles. The van der Waals surface area contributed by atoms with E-state index in [1.54, 1.807) is 19.1 Å². The average molecular weight is 453 g/mol. The van der Waals surface area contributed by atoms with E-state index in [1.807, 2.05) is 24.3 Å². The largest absolute Gasteiger partial charge is 0.449 e. The third-order valence-corrected chi connectivity index (χ3v) is 6.88. The Bertz CT molecular complexity index is 911. The van der Waals surface area contributed by atoms with Gasteiger partial charge >= 0.3 is 6.09 Å². The molecule has 0 bridgehead atoms. The Morgan fingerprint density at radius 3 is 2.09 bits per heavy atom. The maximum absolute atomic E-state index is 12.8. The number of ether oxygens (including phenoxy) is 2. The molecule has 3 atom stereocenters. The van der Waals surface area contributed by atoms with Crippen LogP contribution in [0.25, 0.3) is 11.1 Å². The van der Waals surface area contributed by atoms with Crippen molar-refractivity contribution < 1.29 is 19.1 Å². The smallest absolute Gasteiger partial charge is 0.407 e. The maximum Gasteiger partial charge on any atom is 0.407 e. The van der Waals surface area contributed by atoms with Gasteiger partial charge in [0.25, 0.3) is 0 Å². The number of likely N-dealkylation sites (N-methyl/N-ethyl adjacent to an activating group) is 1. The molecule has 3 unspecified atom stereocenters. The summed E-state index contributed by atoms with van der Waals surface area (Å²) in [5, 5.41) is 2.63. The number of fused-ring (bicyclic) bond motifs is 3. The average Bonchev–Trinajstić information content (AvgIpc) is 3.17. The molecule has 0 fully saturated rings. The molecule has 0 aliphatic heterocycles. The Hall–Kier alpha value is -2.86. The third-order valence-electron chi connectivity index (χ3n) is 6.88. The fourth-order valence-corrected chi connectivity index (χ4v) is 4.87. The van der Waals surface area contributed by atoms with E-state index >= 15 is 0 Å². The highest BCUT2D eigenvalue weighted by Gasteiger charge is 2.32. The molecule has 2 aromatic carbocycles. The number of amides is 2. The second kappa shape index (κ2) is 11.3. The lowest BCUT2D eigenvalue weighted by Crippen LogP contribution is -2.51. The molecule has 1 N–H and O–H groups in total. The highest BCUT2D eigenvalue weighted by molar-refractivity contribution is 5.82. The molecule has 33 heavy (non-hydrogen) atoms. The zero-order valence-electron chi connectivity index (χ0n) is 20.3. The minimum absolute atomic E-state index is 0.0108. The van der Waals surface area contributed by atoms with Gasteiger partial charge in [0, 0.05) is 20.1 Å². The number of carbonyl (C=O) groups is 2. The Morgan fingerprint density at radius 1 is 1.00 bits per heavy atom. The lowest BCUT2D eigenvalue weighted by molar-refractivity contribution is -0.135. The van der Waals surface area contributed by atoms with Crippen LogP contribution in [0.5, 0.6) is 0 Å². The summed E-state index contributed by atoms with van der Waals surface area (Å²) in [5.41, 5.74) is 4.67. The molecule has 0 saturated heterocycles. The first-order valence-corrected chi connectivity index (χ1v) is 11.8. The maximum atomic E-state index is 12.8. The molecule has 3 rings (SSSR count). The zero-order chi connectivity index (χ0) is 24.0. The van der Waals surface area contributed by atoms with Crippen molar-refractivity contribution in [3.05, 3.63) is 59.7 Å². The van der Waals surface area contributed by atoms with Crippen molar-refractivity contribution in [3.8, 4) is 11.1 Å². The second-order valence-electron chi connectivity index (χ2n) is 8.74. The third kappa shape index (κ3) is 5.38. The van der Waals surface area contributed by atoms with Crippen LogP contribution in [0.15, 0.2) is 48.5 Å². The van der Waals surface area contributed by atoms with Crippen molar-refractivity contribution in [1.82, 2.24) is 10.2 Å². The fourth-order valence-electron chi connectivity index (χ4n) is 4.87. The van der Waals surface area contributed by atoms with Gasteiger partial charge in [-0.15, -0.1) is 0 Å². The summed E-state index contributed by atoms with van der Waals surface area (Å²) in [6.07, 6.45) is 1.10. The lowest BCUT2D eigenvalue weighted by atomic mass is 9.91. The first kappa shape index (κ1) is 24.8. The summed E-state index contributed by atoms with van der Waals surface area (Å²) in [6.45, 7) is 6.39. The van der Waals surface area contributed by atoms with E-state index in [-0.39, 0.29) is 43.0 Å². The van der Waals surface area contributed by atoms with Crippen LogP contribution in [0.4, 0.5) is 4.79 Å². The van der Waals surface area contributed by atoms with E-state index in [4.69, 9.17) is 9.47 Å². The van der Waals surface area contributed by atoms with E-state index in [1.165, 1.54) is 11.1 Å². The van der Waals surface area contributed by atoms with Crippen LogP contribution in [-0.2, 0) is 14.3 Å². The monoisotopic (exact) mass is 452 g/mol. The van der Waals surface area contributed by atoms with Gasteiger partial charge in [-0.3, -0.25) is 4.79 Å². The van der Waals surface area contributed by atoms with Crippen molar-refractivity contribution in [2.75, 3.05) is 27.3 Å². The van der Waals surface area contributed by atoms with Crippen LogP contribution in [0.1, 0.15) is 50.7 Å². The molecular weight excluding hydrogens is 416 g/mol. The number of nitrogens with one attached hydrogen (secondary N) is 1. The van der Waals surface area contributed by atoms with E-state index in [0.29, 0.717) is 0 Å². The van der Waals surface area contributed by atoms with Crippen molar-refractivity contribution in [1.29, 1.82) is 0 Å². The van der Waals surface area contributed by atoms with Crippen LogP contribution in [0.3, 0.4) is 0 Å². The zero-order valence-corrected chi connectivity index (χ0v) is 20.3. The quantitative estimate of drug-likeness (QED) is 0.561. The highest BCUT2D eigenvalue weighted by Crippen LogP contribution is 2.44. The molecule has 6 nitrogen and oxygen atoms in total. The van der Waals surface area contributed by atoms with Crippen molar-refractivity contribution in [2.24, 2.45) is 5.92 Å². The van der Waals surface area contributed by atoms with Crippen LogP contribution in [-0.4, -0.2) is 56.4 Å². The predicted molar refractivity (Wildman–Crippen MR) is 130 cm³/mol. The Morgan fingerprint density at radius 2 is 1.58 bits per heavy atom. The molecule has 2 amide bonds. The normalized spacial score (nSPS) is 15.2. The standard InChI is InChI=1S/C27H36N2O4/c1-6-18(3)26(24(7-2)32-5)29(4)25(30)16-28-27(31)33-17-23-21-14-10-8-12-19(21)20-13-9-11-15-22(20)23/h8-15,18,23-24,26H,6-7,16-17H2,1-5H3,(H,28,31). The molecule has 0 radical (unpaired) electrons. The number of carbonyl (C=O) groups excluding carboxylic acids is 2. The van der Waals surface area contributed by atoms with E-state index in [9.17, 15) is 9.59 Å². The second-order valence-corrected chi connectivity index (χ2v) is 8.74. The van der Waals surface area contributed by atoms with Crippen molar-refractivity contribution in [3.63, 3.8) is 0 Å². The molecule has 0 spiro atoms. The fraction of sp³-hybridized carbons (Fsp3) is 0.481. The number of hydrogen-bond donors (Lipinski definition) is 1. The van der Waals surface area contributed by atoms with Gasteiger partial charge in [-0.25, -0.2) is 4.79 Å². The van der Waals surface area contributed by atoms with Crippen LogP contribution in [0, 0.1) is 5.92 Å². The predicted octanol–water partition coefficient (Wildman–Crippen LogP) is 4.82. The van der Waals surface area contributed by atoms with Gasteiger partial charge in [-0.1, -0.05) is 75.7 Å². The number of rotatable bonds is 10. The molecular formula is C27H36N2O4. The molecule has 0 heterocycles.